The van der Waals surface area contributed by atoms with E-state index >= 15 is 4.39 Å². The maximum absolute atomic E-state index is 15.1. The summed E-state index contributed by atoms with van der Waals surface area (Å²) in [7, 11) is 0. The van der Waals surface area contributed by atoms with Crippen molar-refractivity contribution < 1.29 is 19.1 Å². The van der Waals surface area contributed by atoms with E-state index in [1.165, 1.54) is 34.4 Å². The van der Waals surface area contributed by atoms with Gasteiger partial charge in [0, 0.05) is 11.1 Å². The van der Waals surface area contributed by atoms with Gasteiger partial charge in [0.25, 0.3) is 5.78 Å². The lowest BCUT2D eigenvalue weighted by molar-refractivity contribution is -0.132. The molecule has 4 aromatic rings. The zero-order valence-electron chi connectivity index (χ0n) is 18.8. The van der Waals surface area contributed by atoms with Gasteiger partial charge in [-0.3, -0.25) is 14.5 Å². The van der Waals surface area contributed by atoms with Gasteiger partial charge in [-0.05, 0) is 56.2 Å². The first-order valence-electron chi connectivity index (χ1n) is 10.8. The molecule has 7 heteroatoms. The summed E-state index contributed by atoms with van der Waals surface area (Å²) in [6, 6.07) is 16.0. The predicted octanol–water partition coefficient (Wildman–Crippen LogP) is 5.99. The molecule has 1 N–H and O–H groups in total. The van der Waals surface area contributed by atoms with Crippen molar-refractivity contribution in [1.29, 1.82) is 0 Å². The normalized spacial score (nSPS) is 17.6. The number of ketones is 1. The SMILES string of the molecule is Cc1ccc(C)c(C(O)=C2C(=O)C(=O)N(c3nc4ccc(C)cc4s3)C2c2ccccc2F)c1. The highest BCUT2D eigenvalue weighted by atomic mass is 32.1. The number of halogens is 1. The number of benzene rings is 3. The number of anilines is 1. The number of rotatable bonds is 3. The Morgan fingerprint density at radius 3 is 2.47 bits per heavy atom. The second-order valence-electron chi connectivity index (χ2n) is 8.48. The Labute approximate surface area is 199 Å². The number of aliphatic hydroxyl groups excluding tert-OH is 1. The second-order valence-corrected chi connectivity index (χ2v) is 9.49. The van der Waals surface area contributed by atoms with Crippen LogP contribution in [-0.2, 0) is 9.59 Å². The Balaban J connectivity index is 1.78. The molecule has 0 bridgehead atoms. The van der Waals surface area contributed by atoms with Gasteiger partial charge in [-0.15, -0.1) is 0 Å². The molecule has 170 valence electrons. The Morgan fingerprint density at radius 1 is 1.00 bits per heavy atom. The van der Waals surface area contributed by atoms with E-state index in [1.54, 1.807) is 19.1 Å². The molecular weight excluding hydrogens is 451 g/mol. The zero-order valence-corrected chi connectivity index (χ0v) is 19.6. The van der Waals surface area contributed by atoms with Gasteiger partial charge in [0.2, 0.25) is 0 Å². The van der Waals surface area contributed by atoms with E-state index < -0.39 is 23.5 Å². The van der Waals surface area contributed by atoms with Gasteiger partial charge < -0.3 is 5.11 Å². The first-order valence-corrected chi connectivity index (χ1v) is 11.6. The molecule has 0 radical (unpaired) electrons. The topological polar surface area (TPSA) is 70.5 Å². The Hall–Kier alpha value is -3.84. The summed E-state index contributed by atoms with van der Waals surface area (Å²) in [5.41, 5.74) is 3.71. The molecule has 0 spiro atoms. The standard InChI is InChI=1S/C27H21FN2O3S/c1-14-8-10-16(3)18(12-14)24(31)22-23(17-6-4-5-7-19(17)28)30(26(33)25(22)32)27-29-20-11-9-15(2)13-21(20)34-27/h4-13,23,31H,1-3H3. The average molecular weight is 473 g/mol. The lowest BCUT2D eigenvalue weighted by atomic mass is 9.93. The van der Waals surface area contributed by atoms with Crippen LogP contribution in [-0.4, -0.2) is 21.8 Å². The van der Waals surface area contributed by atoms with Crippen LogP contribution in [0.2, 0.25) is 0 Å². The van der Waals surface area contributed by atoms with Crippen molar-refractivity contribution in [2.75, 3.05) is 4.90 Å². The minimum Gasteiger partial charge on any atom is -0.507 e. The number of nitrogens with zero attached hydrogens (tertiary/aromatic N) is 2. The summed E-state index contributed by atoms with van der Waals surface area (Å²) in [4.78, 5) is 32.4. The summed E-state index contributed by atoms with van der Waals surface area (Å²) >= 11 is 1.25. The molecular formula is C27H21FN2O3S. The van der Waals surface area contributed by atoms with E-state index in [1.807, 2.05) is 44.2 Å². The van der Waals surface area contributed by atoms with Crippen LogP contribution in [0.4, 0.5) is 9.52 Å². The number of carbonyl (C=O) groups excluding carboxylic acids is 2. The van der Waals surface area contributed by atoms with Crippen LogP contribution in [0, 0.1) is 26.6 Å². The van der Waals surface area contributed by atoms with Gasteiger partial charge in [-0.2, -0.15) is 0 Å². The van der Waals surface area contributed by atoms with E-state index in [9.17, 15) is 14.7 Å². The molecule has 1 unspecified atom stereocenters. The van der Waals surface area contributed by atoms with Crippen LogP contribution >= 0.6 is 11.3 Å². The number of Topliss-reactive ketones (excluding diaryl/α,β-unsaturated/α-hetero) is 1. The van der Waals surface area contributed by atoms with Gasteiger partial charge in [0.05, 0.1) is 15.8 Å². The van der Waals surface area contributed by atoms with Crippen molar-refractivity contribution in [3.05, 3.63) is 99.9 Å². The summed E-state index contributed by atoms with van der Waals surface area (Å²) in [5, 5.41) is 11.6. The maximum atomic E-state index is 15.1. The molecule has 0 aliphatic carbocycles. The molecule has 5 rings (SSSR count). The Morgan fingerprint density at radius 2 is 1.71 bits per heavy atom. The van der Waals surface area contributed by atoms with Crippen LogP contribution in [0.25, 0.3) is 16.0 Å². The number of fused-ring (bicyclic) bond motifs is 1. The number of hydrogen-bond acceptors (Lipinski definition) is 5. The fraction of sp³-hybridized carbons (Fsp3) is 0.148. The fourth-order valence-corrected chi connectivity index (χ4v) is 5.37. The minimum atomic E-state index is -1.15. The summed E-state index contributed by atoms with van der Waals surface area (Å²) in [6.45, 7) is 5.62. The second kappa shape index (κ2) is 8.18. The molecule has 1 aliphatic heterocycles. The minimum absolute atomic E-state index is 0.115. The van der Waals surface area contributed by atoms with Gasteiger partial charge in [-0.1, -0.05) is 53.3 Å². The summed E-state index contributed by atoms with van der Waals surface area (Å²) in [6.07, 6.45) is 0. The summed E-state index contributed by atoms with van der Waals surface area (Å²) < 4.78 is 15.9. The van der Waals surface area contributed by atoms with Gasteiger partial charge in [0.1, 0.15) is 17.6 Å². The molecule has 1 fully saturated rings. The van der Waals surface area contributed by atoms with Gasteiger partial charge in [0.15, 0.2) is 5.13 Å². The van der Waals surface area contributed by atoms with Crippen molar-refractivity contribution in [1.82, 2.24) is 4.98 Å². The fourth-order valence-electron chi connectivity index (χ4n) is 4.28. The number of hydrogen-bond donors (Lipinski definition) is 1. The third kappa shape index (κ3) is 3.49. The van der Waals surface area contributed by atoms with Crippen LogP contribution in [0.1, 0.15) is 33.9 Å². The highest BCUT2D eigenvalue weighted by Gasteiger charge is 2.49. The molecule has 34 heavy (non-hydrogen) atoms. The summed E-state index contributed by atoms with van der Waals surface area (Å²) in [5.74, 6) is -2.63. The molecule has 3 aromatic carbocycles. The Bertz CT molecular complexity index is 1520. The van der Waals surface area contributed by atoms with Gasteiger partial charge in [-0.25, -0.2) is 9.37 Å². The quantitative estimate of drug-likeness (QED) is 0.226. The first kappa shape index (κ1) is 22.0. The molecule has 5 nitrogen and oxygen atoms in total. The average Bonchev–Trinajstić information content (AvgIpc) is 3.33. The van der Waals surface area contributed by atoms with Crippen LogP contribution in [0.15, 0.2) is 66.2 Å². The predicted molar refractivity (Wildman–Crippen MR) is 131 cm³/mol. The highest BCUT2D eigenvalue weighted by molar-refractivity contribution is 7.22. The highest BCUT2D eigenvalue weighted by Crippen LogP contribution is 2.45. The first-order chi connectivity index (χ1) is 16.3. The van der Waals surface area contributed by atoms with E-state index in [0.717, 1.165) is 21.4 Å². The zero-order chi connectivity index (χ0) is 24.1. The van der Waals surface area contributed by atoms with E-state index in [-0.39, 0.29) is 22.0 Å². The largest absolute Gasteiger partial charge is 0.507 e. The van der Waals surface area contributed by atoms with E-state index in [4.69, 9.17) is 0 Å². The third-order valence-corrected chi connectivity index (χ3v) is 7.05. The lowest BCUT2D eigenvalue weighted by Crippen LogP contribution is -2.29. The van der Waals surface area contributed by atoms with Gasteiger partial charge >= 0.3 is 5.91 Å². The monoisotopic (exact) mass is 472 g/mol. The third-order valence-electron chi connectivity index (χ3n) is 6.03. The maximum Gasteiger partial charge on any atom is 0.301 e. The van der Waals surface area contributed by atoms with Crippen molar-refractivity contribution >= 4 is 44.1 Å². The number of aliphatic hydroxyl groups is 1. The number of amides is 1. The van der Waals surface area contributed by atoms with Crippen LogP contribution < -0.4 is 4.90 Å². The van der Waals surface area contributed by atoms with Crippen molar-refractivity contribution in [2.45, 2.75) is 26.8 Å². The Kier molecular flexibility index (Phi) is 5.29. The number of aryl methyl sites for hydroxylation is 3. The molecule has 0 saturated carbocycles. The lowest BCUT2D eigenvalue weighted by Gasteiger charge is -2.23. The molecule has 1 aromatic heterocycles. The molecule has 1 amide bonds. The number of thiazole rings is 1. The van der Waals surface area contributed by atoms with Crippen LogP contribution in [0.3, 0.4) is 0 Å². The molecule has 1 aliphatic rings. The smallest absolute Gasteiger partial charge is 0.301 e. The number of aromatic nitrogens is 1. The number of carbonyl (C=O) groups is 2. The molecule has 2 heterocycles. The van der Waals surface area contributed by atoms with Crippen LogP contribution in [0.5, 0.6) is 0 Å². The molecule has 1 saturated heterocycles. The van der Waals surface area contributed by atoms with Crippen molar-refractivity contribution in [2.24, 2.45) is 0 Å². The molecule has 1 atom stereocenters. The van der Waals surface area contributed by atoms with Crippen molar-refractivity contribution in [3.63, 3.8) is 0 Å². The van der Waals surface area contributed by atoms with E-state index in [0.29, 0.717) is 11.1 Å². The van der Waals surface area contributed by atoms with E-state index in [2.05, 4.69) is 4.98 Å². The van der Waals surface area contributed by atoms with Crippen molar-refractivity contribution in [3.8, 4) is 0 Å².